The lowest BCUT2D eigenvalue weighted by molar-refractivity contribution is -0.384. The number of nitro groups is 1. The molecule has 0 bridgehead atoms. The molecule has 0 spiro atoms. The number of carbonyl (C=O) groups is 1. The molecule has 3 rings (SSSR count). The van der Waals surface area contributed by atoms with Gasteiger partial charge in [0.05, 0.1) is 29.6 Å². The van der Waals surface area contributed by atoms with Gasteiger partial charge in [0.2, 0.25) is 10.0 Å². The van der Waals surface area contributed by atoms with Crippen LogP contribution >= 0.6 is 0 Å². The van der Waals surface area contributed by atoms with E-state index in [0.29, 0.717) is 48.7 Å². The maximum absolute atomic E-state index is 12.5. The van der Waals surface area contributed by atoms with Crippen LogP contribution in [0.25, 0.3) is 0 Å². The Bertz CT molecular complexity index is 1010. The molecule has 0 atom stereocenters. The molecule has 29 heavy (non-hydrogen) atoms. The average molecular weight is 419 g/mol. The van der Waals surface area contributed by atoms with E-state index in [1.54, 1.807) is 25.1 Å². The Morgan fingerprint density at radius 1 is 1.17 bits per heavy atom. The summed E-state index contributed by atoms with van der Waals surface area (Å²) in [5.74, 6) is -0.588. The van der Waals surface area contributed by atoms with Crippen molar-refractivity contribution in [2.45, 2.75) is 12.7 Å². The van der Waals surface area contributed by atoms with Gasteiger partial charge in [-0.3, -0.25) is 14.9 Å². The first kappa shape index (κ1) is 20.9. The van der Waals surface area contributed by atoms with Crippen molar-refractivity contribution >= 4 is 27.3 Å². The Balaban J connectivity index is 1.69. The number of hydrogen-bond acceptors (Lipinski definition) is 6. The van der Waals surface area contributed by atoms with E-state index in [2.05, 4.69) is 5.32 Å². The molecule has 2 aromatic carbocycles. The molecule has 1 heterocycles. The molecule has 0 radical (unpaired) electrons. The van der Waals surface area contributed by atoms with Crippen LogP contribution < -0.4 is 5.32 Å². The van der Waals surface area contributed by atoms with Crippen LogP contribution in [-0.2, 0) is 20.5 Å². The van der Waals surface area contributed by atoms with Gasteiger partial charge >= 0.3 is 0 Å². The van der Waals surface area contributed by atoms with Crippen molar-refractivity contribution in [1.82, 2.24) is 4.31 Å². The van der Waals surface area contributed by atoms with Crippen LogP contribution in [0.15, 0.2) is 42.5 Å². The summed E-state index contributed by atoms with van der Waals surface area (Å²) in [7, 11) is -3.45. The van der Waals surface area contributed by atoms with Crippen LogP contribution in [-0.4, -0.2) is 49.9 Å². The number of nitrogens with one attached hydrogen (secondary N) is 1. The van der Waals surface area contributed by atoms with E-state index in [9.17, 15) is 23.3 Å². The van der Waals surface area contributed by atoms with Crippen LogP contribution in [0.2, 0.25) is 0 Å². The zero-order chi connectivity index (χ0) is 21.0. The van der Waals surface area contributed by atoms with Gasteiger partial charge in [0, 0.05) is 30.8 Å². The van der Waals surface area contributed by atoms with Crippen LogP contribution in [0.5, 0.6) is 0 Å². The second-order valence-electron chi connectivity index (χ2n) is 6.68. The molecule has 1 aliphatic rings. The molecule has 1 amide bonds. The van der Waals surface area contributed by atoms with Gasteiger partial charge in [0.15, 0.2) is 0 Å². The largest absolute Gasteiger partial charge is 0.379 e. The molecule has 10 heteroatoms. The number of morpholine rings is 1. The highest BCUT2D eigenvalue weighted by Gasteiger charge is 2.24. The molecule has 154 valence electrons. The minimum atomic E-state index is -3.45. The maximum Gasteiger partial charge on any atom is 0.271 e. The number of rotatable bonds is 6. The summed E-state index contributed by atoms with van der Waals surface area (Å²) < 4.78 is 31.5. The third-order valence-corrected chi connectivity index (χ3v) is 6.46. The van der Waals surface area contributed by atoms with Gasteiger partial charge in [0.25, 0.3) is 11.6 Å². The van der Waals surface area contributed by atoms with Gasteiger partial charge in [-0.15, -0.1) is 0 Å². The highest BCUT2D eigenvalue weighted by atomic mass is 32.2. The van der Waals surface area contributed by atoms with Gasteiger partial charge in [-0.1, -0.05) is 18.2 Å². The number of non-ortho nitro benzene ring substituents is 1. The second-order valence-corrected chi connectivity index (χ2v) is 8.64. The summed E-state index contributed by atoms with van der Waals surface area (Å²) in [6.45, 7) is 3.18. The fourth-order valence-corrected chi connectivity index (χ4v) is 4.43. The number of carbonyl (C=O) groups excluding carboxylic acids is 1. The van der Waals surface area contributed by atoms with Crippen LogP contribution in [0.3, 0.4) is 0 Å². The zero-order valence-electron chi connectivity index (χ0n) is 15.8. The highest BCUT2D eigenvalue weighted by molar-refractivity contribution is 7.88. The van der Waals surface area contributed by atoms with Gasteiger partial charge < -0.3 is 10.1 Å². The zero-order valence-corrected chi connectivity index (χ0v) is 16.6. The van der Waals surface area contributed by atoms with Crippen LogP contribution in [0, 0.1) is 17.0 Å². The van der Waals surface area contributed by atoms with Crippen molar-refractivity contribution < 1.29 is 22.9 Å². The minimum absolute atomic E-state index is 0.116. The first-order valence-electron chi connectivity index (χ1n) is 8.97. The molecule has 1 saturated heterocycles. The SMILES string of the molecule is Cc1ccc([N+](=O)[O-])cc1NC(=O)c1ccc(CS(=O)(=O)N2CCOCC2)cc1. The lowest BCUT2D eigenvalue weighted by Gasteiger charge is -2.26. The molecule has 1 fully saturated rings. The Kier molecular flexibility index (Phi) is 6.26. The Morgan fingerprint density at radius 2 is 1.83 bits per heavy atom. The van der Waals surface area contributed by atoms with Crippen molar-refractivity contribution in [3.05, 3.63) is 69.3 Å². The summed E-state index contributed by atoms with van der Waals surface area (Å²) >= 11 is 0. The van der Waals surface area contributed by atoms with Crippen molar-refractivity contribution in [3.8, 4) is 0 Å². The summed E-state index contributed by atoms with van der Waals surface area (Å²) in [6, 6.07) is 10.5. The van der Waals surface area contributed by atoms with Gasteiger partial charge in [-0.2, -0.15) is 4.31 Å². The van der Waals surface area contributed by atoms with Crippen molar-refractivity contribution in [2.24, 2.45) is 0 Å². The van der Waals surface area contributed by atoms with Gasteiger partial charge in [0.1, 0.15) is 0 Å². The summed E-state index contributed by atoms with van der Waals surface area (Å²) in [5, 5.41) is 13.6. The third-order valence-electron chi connectivity index (χ3n) is 4.61. The van der Waals surface area contributed by atoms with E-state index in [1.807, 2.05) is 0 Å². The molecule has 0 aromatic heterocycles. The smallest absolute Gasteiger partial charge is 0.271 e. The number of benzene rings is 2. The first-order valence-corrected chi connectivity index (χ1v) is 10.6. The number of amides is 1. The van der Waals surface area contributed by atoms with Crippen LogP contribution in [0.4, 0.5) is 11.4 Å². The number of anilines is 1. The summed E-state index contributed by atoms with van der Waals surface area (Å²) in [6.07, 6.45) is 0. The lowest BCUT2D eigenvalue weighted by atomic mass is 10.1. The fraction of sp³-hybridized carbons (Fsp3) is 0.316. The van der Waals surface area contributed by atoms with E-state index in [4.69, 9.17) is 4.74 Å². The van der Waals surface area contributed by atoms with Crippen molar-refractivity contribution in [2.75, 3.05) is 31.6 Å². The highest BCUT2D eigenvalue weighted by Crippen LogP contribution is 2.22. The fourth-order valence-electron chi connectivity index (χ4n) is 2.93. The van der Waals surface area contributed by atoms with E-state index in [0.717, 1.165) is 0 Å². The van der Waals surface area contributed by atoms with E-state index in [-0.39, 0.29) is 11.4 Å². The lowest BCUT2D eigenvalue weighted by Crippen LogP contribution is -2.41. The second kappa shape index (κ2) is 8.68. The standard InChI is InChI=1S/C19H21N3O6S/c1-14-2-7-17(22(24)25)12-18(14)20-19(23)16-5-3-15(4-6-16)13-29(26,27)21-8-10-28-11-9-21/h2-7,12H,8-11,13H2,1H3,(H,20,23). The Morgan fingerprint density at radius 3 is 2.45 bits per heavy atom. The molecule has 2 aromatic rings. The van der Waals surface area contributed by atoms with Crippen molar-refractivity contribution in [3.63, 3.8) is 0 Å². The molecule has 0 aliphatic carbocycles. The minimum Gasteiger partial charge on any atom is -0.379 e. The van der Waals surface area contributed by atoms with E-state index >= 15 is 0 Å². The quantitative estimate of drug-likeness (QED) is 0.567. The van der Waals surface area contributed by atoms with Gasteiger partial charge in [-0.05, 0) is 30.2 Å². The molecule has 0 saturated carbocycles. The van der Waals surface area contributed by atoms with Crippen molar-refractivity contribution in [1.29, 1.82) is 0 Å². The number of hydrogen-bond donors (Lipinski definition) is 1. The molecular formula is C19H21N3O6S. The number of ether oxygens (including phenoxy) is 1. The topological polar surface area (TPSA) is 119 Å². The predicted molar refractivity (Wildman–Crippen MR) is 107 cm³/mol. The Labute approximate surface area is 168 Å². The van der Waals surface area contributed by atoms with E-state index < -0.39 is 20.9 Å². The molecule has 0 unspecified atom stereocenters. The van der Waals surface area contributed by atoms with Crippen LogP contribution in [0.1, 0.15) is 21.5 Å². The van der Waals surface area contributed by atoms with E-state index in [1.165, 1.54) is 28.6 Å². The molecule has 1 N–H and O–H groups in total. The number of nitro benzene ring substituents is 1. The molecule has 1 aliphatic heterocycles. The normalized spacial score (nSPS) is 15.1. The monoisotopic (exact) mass is 419 g/mol. The number of sulfonamides is 1. The molecule has 9 nitrogen and oxygen atoms in total. The third kappa shape index (κ3) is 5.17. The Hall–Kier alpha value is -2.82. The summed E-state index contributed by atoms with van der Waals surface area (Å²) in [4.78, 5) is 22.9. The molecular weight excluding hydrogens is 398 g/mol. The van der Waals surface area contributed by atoms with Gasteiger partial charge in [-0.25, -0.2) is 8.42 Å². The first-order chi connectivity index (χ1) is 13.8. The number of aryl methyl sites for hydroxylation is 1. The number of nitrogens with zero attached hydrogens (tertiary/aromatic N) is 2. The average Bonchev–Trinajstić information content (AvgIpc) is 2.70. The predicted octanol–water partition coefficient (Wildman–Crippen LogP) is 2.32. The summed E-state index contributed by atoms with van der Waals surface area (Å²) in [5.41, 5.74) is 1.82. The maximum atomic E-state index is 12.5.